The highest BCUT2D eigenvalue weighted by atomic mass is 127. The summed E-state index contributed by atoms with van der Waals surface area (Å²) in [7, 11) is 1.63. The molecule has 2 aromatic rings. The summed E-state index contributed by atoms with van der Waals surface area (Å²) in [6.45, 7) is 9.30. The summed E-state index contributed by atoms with van der Waals surface area (Å²) in [6, 6.07) is 12.1. The molecule has 1 aromatic carbocycles. The topological polar surface area (TPSA) is 78.4 Å². The van der Waals surface area contributed by atoms with E-state index in [9.17, 15) is 5.11 Å². The maximum Gasteiger partial charge on any atom is 0.191 e. The van der Waals surface area contributed by atoms with Gasteiger partial charge in [0.2, 0.25) is 0 Å². The monoisotopic (exact) mass is 574 g/mol. The molecular weight excluding hydrogens is 539 g/mol. The first-order valence-electron chi connectivity index (χ1n) is 10.8. The van der Waals surface area contributed by atoms with Crippen molar-refractivity contribution in [1.82, 2.24) is 15.5 Å². The fraction of sp³-hybridized carbons (Fsp3) is 0.522. The number of nitrogens with one attached hydrogen (secondary N) is 2. The van der Waals surface area contributed by atoms with Crippen LogP contribution >= 0.6 is 35.3 Å². The number of thiophene rings is 1. The van der Waals surface area contributed by atoms with Gasteiger partial charge in [0.15, 0.2) is 5.96 Å². The van der Waals surface area contributed by atoms with E-state index in [0.29, 0.717) is 19.0 Å². The van der Waals surface area contributed by atoms with Gasteiger partial charge in [-0.3, -0.25) is 9.89 Å². The first-order chi connectivity index (χ1) is 15.1. The number of aliphatic hydroxyl groups excluding tert-OH is 1. The molecule has 7 nitrogen and oxygen atoms in total. The first-order valence-corrected chi connectivity index (χ1v) is 11.6. The number of nitrogens with zero attached hydrogens (tertiary/aromatic N) is 2. The van der Waals surface area contributed by atoms with E-state index >= 15 is 0 Å². The van der Waals surface area contributed by atoms with Gasteiger partial charge in [-0.1, -0.05) is 12.1 Å². The molecule has 0 saturated carbocycles. The summed E-state index contributed by atoms with van der Waals surface area (Å²) >= 11 is 1.83. The number of aliphatic hydroxyl groups is 1. The molecule has 3 rings (SSSR count). The highest BCUT2D eigenvalue weighted by molar-refractivity contribution is 14.0. The van der Waals surface area contributed by atoms with Crippen LogP contribution in [0.4, 0.5) is 0 Å². The summed E-state index contributed by atoms with van der Waals surface area (Å²) in [6.07, 6.45) is -0.634. The lowest BCUT2D eigenvalue weighted by molar-refractivity contribution is 0.0186. The van der Waals surface area contributed by atoms with Gasteiger partial charge in [0.05, 0.1) is 39.0 Å². The summed E-state index contributed by atoms with van der Waals surface area (Å²) in [5.41, 5.74) is 0.837. The predicted molar refractivity (Wildman–Crippen MR) is 142 cm³/mol. The zero-order chi connectivity index (χ0) is 22.1. The third-order valence-corrected chi connectivity index (χ3v) is 6.41. The van der Waals surface area contributed by atoms with Crippen molar-refractivity contribution in [2.24, 2.45) is 4.99 Å². The van der Waals surface area contributed by atoms with Crippen molar-refractivity contribution in [3.8, 4) is 5.75 Å². The maximum atomic E-state index is 10.6. The number of rotatable bonds is 9. The average molecular weight is 575 g/mol. The van der Waals surface area contributed by atoms with Crippen LogP contribution < -0.4 is 15.4 Å². The number of methoxy groups -OCH3 is 1. The average Bonchev–Trinajstić information content (AvgIpc) is 3.24. The Hall–Kier alpha value is -1.40. The Bertz CT molecular complexity index is 825. The largest absolute Gasteiger partial charge is 0.497 e. The smallest absolute Gasteiger partial charge is 0.191 e. The van der Waals surface area contributed by atoms with E-state index in [2.05, 4.69) is 34.6 Å². The molecule has 1 fully saturated rings. The molecule has 1 aliphatic heterocycles. The van der Waals surface area contributed by atoms with Gasteiger partial charge < -0.3 is 25.2 Å². The second kappa shape index (κ2) is 14.0. The molecule has 32 heavy (non-hydrogen) atoms. The van der Waals surface area contributed by atoms with Crippen molar-refractivity contribution in [2.75, 3.05) is 53.0 Å². The van der Waals surface area contributed by atoms with Crippen LogP contribution in [0.3, 0.4) is 0 Å². The Labute approximate surface area is 212 Å². The van der Waals surface area contributed by atoms with Gasteiger partial charge in [-0.15, -0.1) is 35.3 Å². The molecule has 0 spiro atoms. The van der Waals surface area contributed by atoms with Gasteiger partial charge in [-0.25, -0.2) is 0 Å². The number of aliphatic imine (C=N–C) groups is 1. The van der Waals surface area contributed by atoms with Crippen molar-refractivity contribution >= 4 is 41.3 Å². The van der Waals surface area contributed by atoms with Crippen molar-refractivity contribution in [3.63, 3.8) is 0 Å². The minimum atomic E-state index is -0.634. The highest BCUT2D eigenvalue weighted by Crippen LogP contribution is 2.28. The number of hydrogen-bond acceptors (Lipinski definition) is 6. The van der Waals surface area contributed by atoms with Gasteiger partial charge in [0.1, 0.15) is 5.75 Å². The van der Waals surface area contributed by atoms with Crippen molar-refractivity contribution in [1.29, 1.82) is 0 Å². The summed E-state index contributed by atoms with van der Waals surface area (Å²) in [5, 5.41) is 17.1. The summed E-state index contributed by atoms with van der Waals surface area (Å²) in [4.78, 5) is 9.95. The number of guanidine groups is 1. The SMILES string of the molecule is CCNC(=NCC(c1ccc(C)s1)N1CCOCC1)NCC(O)c1ccc(OC)cc1.I. The van der Waals surface area contributed by atoms with Crippen LogP contribution in [0.25, 0.3) is 0 Å². The van der Waals surface area contributed by atoms with Crippen LogP contribution in [0.15, 0.2) is 41.4 Å². The lowest BCUT2D eigenvalue weighted by Gasteiger charge is -2.33. The molecule has 2 unspecified atom stereocenters. The number of morpholine rings is 1. The van der Waals surface area contributed by atoms with Gasteiger partial charge in [0.25, 0.3) is 0 Å². The third kappa shape index (κ3) is 7.87. The molecule has 2 atom stereocenters. The standard InChI is InChI=1S/C23H34N4O3S.HI/c1-4-24-23(26-16-21(28)18-6-8-19(29-3)9-7-18)25-15-20(22-10-5-17(2)31-22)27-11-13-30-14-12-27;/h5-10,20-21,28H,4,11-16H2,1-3H3,(H2,24,25,26);1H. The minimum absolute atomic E-state index is 0. The van der Waals surface area contributed by atoms with Crippen LogP contribution in [0.5, 0.6) is 5.75 Å². The Morgan fingerprint density at radius 1 is 1.19 bits per heavy atom. The van der Waals surface area contributed by atoms with Gasteiger partial charge in [-0.05, 0) is 43.7 Å². The fourth-order valence-corrected chi connectivity index (χ4v) is 4.57. The zero-order valence-corrected chi connectivity index (χ0v) is 22.2. The third-order valence-electron chi connectivity index (χ3n) is 5.31. The van der Waals surface area contributed by atoms with Crippen molar-refractivity contribution < 1.29 is 14.6 Å². The maximum absolute atomic E-state index is 10.6. The quantitative estimate of drug-likeness (QED) is 0.242. The van der Waals surface area contributed by atoms with E-state index in [1.54, 1.807) is 7.11 Å². The lowest BCUT2D eigenvalue weighted by Crippen LogP contribution is -2.42. The molecule has 2 heterocycles. The van der Waals surface area contributed by atoms with Gasteiger partial charge in [0, 0.05) is 35.9 Å². The molecule has 1 aliphatic rings. The molecule has 0 bridgehead atoms. The van der Waals surface area contributed by atoms with Crippen LogP contribution in [0.1, 0.15) is 34.4 Å². The number of benzene rings is 1. The molecule has 0 aliphatic carbocycles. The van der Waals surface area contributed by atoms with E-state index in [1.807, 2.05) is 42.5 Å². The van der Waals surface area contributed by atoms with Crippen LogP contribution in [-0.2, 0) is 4.74 Å². The summed E-state index contributed by atoms with van der Waals surface area (Å²) < 4.78 is 10.7. The second-order valence-corrected chi connectivity index (χ2v) is 8.82. The molecule has 178 valence electrons. The number of halogens is 1. The Balaban J connectivity index is 0.00000363. The molecule has 0 radical (unpaired) electrons. The minimum Gasteiger partial charge on any atom is -0.497 e. The Morgan fingerprint density at radius 3 is 2.50 bits per heavy atom. The van der Waals surface area contributed by atoms with Crippen molar-refractivity contribution in [3.05, 3.63) is 51.7 Å². The normalized spacial score (nSPS) is 16.7. The number of aryl methyl sites for hydroxylation is 1. The zero-order valence-electron chi connectivity index (χ0n) is 19.0. The van der Waals surface area contributed by atoms with Crippen LogP contribution in [0, 0.1) is 6.92 Å². The Kier molecular flexibility index (Phi) is 11.7. The predicted octanol–water partition coefficient (Wildman–Crippen LogP) is 3.35. The molecule has 3 N–H and O–H groups in total. The highest BCUT2D eigenvalue weighted by Gasteiger charge is 2.24. The molecule has 1 saturated heterocycles. The van der Waals surface area contributed by atoms with Crippen LogP contribution in [-0.4, -0.2) is 69.0 Å². The van der Waals surface area contributed by atoms with Crippen molar-refractivity contribution in [2.45, 2.75) is 26.0 Å². The van der Waals surface area contributed by atoms with Gasteiger partial charge >= 0.3 is 0 Å². The van der Waals surface area contributed by atoms with E-state index in [1.165, 1.54) is 9.75 Å². The van der Waals surface area contributed by atoms with Gasteiger partial charge in [-0.2, -0.15) is 0 Å². The van der Waals surface area contributed by atoms with Crippen LogP contribution in [0.2, 0.25) is 0 Å². The summed E-state index contributed by atoms with van der Waals surface area (Å²) in [5.74, 6) is 1.48. The van der Waals surface area contributed by atoms with E-state index in [0.717, 1.165) is 44.2 Å². The van der Waals surface area contributed by atoms with E-state index in [4.69, 9.17) is 14.5 Å². The number of ether oxygens (including phenoxy) is 2. The molecule has 9 heteroatoms. The molecular formula is C23H35IN4O3S. The fourth-order valence-electron chi connectivity index (χ4n) is 3.56. The molecule has 0 amide bonds. The van der Waals surface area contributed by atoms with E-state index in [-0.39, 0.29) is 30.0 Å². The Morgan fingerprint density at radius 2 is 1.91 bits per heavy atom. The van der Waals surface area contributed by atoms with E-state index < -0.39 is 6.10 Å². The number of hydrogen-bond donors (Lipinski definition) is 3. The molecule has 1 aromatic heterocycles. The first kappa shape index (κ1) is 26.8. The second-order valence-electron chi connectivity index (χ2n) is 7.50. The lowest BCUT2D eigenvalue weighted by atomic mass is 10.1.